The van der Waals surface area contributed by atoms with E-state index in [0.29, 0.717) is 11.7 Å². The quantitative estimate of drug-likeness (QED) is 0.519. The summed E-state index contributed by atoms with van der Waals surface area (Å²) in [5.41, 5.74) is 3.44. The second kappa shape index (κ2) is 8.68. The Balaban J connectivity index is 1.42. The summed E-state index contributed by atoms with van der Waals surface area (Å²) in [5, 5.41) is 0. The molecule has 0 N–H and O–H groups in total. The predicted octanol–water partition coefficient (Wildman–Crippen LogP) is 7.60. The minimum absolute atomic E-state index is 0.297. The Kier molecular flexibility index (Phi) is 6.04. The van der Waals surface area contributed by atoms with Crippen molar-refractivity contribution in [1.29, 1.82) is 0 Å². The average Bonchev–Trinajstić information content (AvgIpc) is 2.73. The smallest absolute Gasteiger partial charge is 0.165 e. The van der Waals surface area contributed by atoms with Crippen LogP contribution >= 0.6 is 0 Å². The molecular weight excluding hydrogens is 347 g/mol. The minimum Gasteiger partial charge on any atom is -0.494 e. The fraction of sp³-hybridized carbons (Fsp3) is 0.538. The fourth-order valence-corrected chi connectivity index (χ4v) is 5.75. The van der Waals surface area contributed by atoms with E-state index in [1.165, 1.54) is 64.0 Å². The van der Waals surface area contributed by atoms with Crippen LogP contribution < -0.4 is 4.74 Å². The van der Waals surface area contributed by atoms with E-state index in [1.807, 2.05) is 6.07 Å². The second-order valence-corrected chi connectivity index (χ2v) is 8.97. The Labute approximate surface area is 169 Å². The van der Waals surface area contributed by atoms with Gasteiger partial charge >= 0.3 is 0 Å². The van der Waals surface area contributed by atoms with Crippen LogP contribution in [0.25, 0.3) is 11.1 Å². The van der Waals surface area contributed by atoms with Gasteiger partial charge in [-0.25, -0.2) is 4.39 Å². The number of rotatable bonds is 5. The van der Waals surface area contributed by atoms with Gasteiger partial charge in [0.2, 0.25) is 0 Å². The zero-order chi connectivity index (χ0) is 19.5. The summed E-state index contributed by atoms with van der Waals surface area (Å²) in [6.07, 6.45) is 11.2. The number of hydrogen-bond acceptors (Lipinski definition) is 1. The number of halogens is 1. The highest BCUT2D eigenvalue weighted by Gasteiger charge is 2.35. The Morgan fingerprint density at radius 3 is 2.32 bits per heavy atom. The molecule has 2 aromatic rings. The fourth-order valence-electron chi connectivity index (χ4n) is 5.75. The number of ether oxygens (including phenoxy) is 1. The highest BCUT2D eigenvalue weighted by Crippen LogP contribution is 2.48. The second-order valence-electron chi connectivity index (χ2n) is 8.97. The van der Waals surface area contributed by atoms with Crippen molar-refractivity contribution in [3.8, 4) is 16.9 Å². The highest BCUT2D eigenvalue weighted by molar-refractivity contribution is 5.64. The van der Waals surface area contributed by atoms with Crippen molar-refractivity contribution in [1.82, 2.24) is 0 Å². The van der Waals surface area contributed by atoms with Crippen LogP contribution in [0.5, 0.6) is 5.75 Å². The standard InChI is InChI=1S/C26H33FO/c1-3-4-18-5-6-23-16-22(12-11-21(23)15-18)19-7-9-20(10-8-19)24-13-14-26(28-2)25(27)17-24/h7-10,13-14,17-18,21-23H,3-6,11-12,15-16H2,1-2H3. The lowest BCUT2D eigenvalue weighted by Crippen LogP contribution is -2.30. The summed E-state index contributed by atoms with van der Waals surface area (Å²) >= 11 is 0. The largest absolute Gasteiger partial charge is 0.494 e. The molecule has 0 aromatic heterocycles. The Bertz CT molecular complexity index is 782. The van der Waals surface area contributed by atoms with Crippen LogP contribution in [0.3, 0.4) is 0 Å². The van der Waals surface area contributed by atoms with E-state index in [-0.39, 0.29) is 5.82 Å². The molecule has 0 spiro atoms. The first-order valence-corrected chi connectivity index (χ1v) is 11.1. The van der Waals surface area contributed by atoms with Gasteiger partial charge in [-0.1, -0.05) is 56.5 Å². The molecule has 4 atom stereocenters. The first-order valence-electron chi connectivity index (χ1n) is 11.1. The molecule has 4 rings (SSSR count). The van der Waals surface area contributed by atoms with Crippen molar-refractivity contribution in [3.63, 3.8) is 0 Å². The predicted molar refractivity (Wildman–Crippen MR) is 114 cm³/mol. The van der Waals surface area contributed by atoms with Gasteiger partial charge in [-0.05, 0) is 84.6 Å². The molecule has 150 valence electrons. The van der Waals surface area contributed by atoms with Gasteiger partial charge in [0.15, 0.2) is 11.6 Å². The molecule has 0 amide bonds. The third-order valence-corrected chi connectivity index (χ3v) is 7.29. The summed E-state index contributed by atoms with van der Waals surface area (Å²) in [7, 11) is 1.50. The minimum atomic E-state index is -0.305. The SMILES string of the molecule is CCCC1CCC2CC(c3ccc(-c4ccc(OC)c(F)c4)cc3)CCC2C1. The molecule has 2 aliphatic carbocycles. The van der Waals surface area contributed by atoms with E-state index in [0.717, 1.165) is 28.9 Å². The molecule has 0 saturated heterocycles. The van der Waals surface area contributed by atoms with Gasteiger partial charge in [0.05, 0.1) is 7.11 Å². The topological polar surface area (TPSA) is 9.23 Å². The van der Waals surface area contributed by atoms with Crippen LogP contribution in [0.4, 0.5) is 4.39 Å². The Hall–Kier alpha value is -1.83. The van der Waals surface area contributed by atoms with Gasteiger partial charge < -0.3 is 4.74 Å². The normalized spacial score (nSPS) is 27.2. The first kappa shape index (κ1) is 19.5. The highest BCUT2D eigenvalue weighted by atomic mass is 19.1. The van der Waals surface area contributed by atoms with Crippen molar-refractivity contribution in [2.75, 3.05) is 7.11 Å². The molecule has 2 aromatic carbocycles. The van der Waals surface area contributed by atoms with Crippen molar-refractivity contribution >= 4 is 0 Å². The van der Waals surface area contributed by atoms with E-state index >= 15 is 0 Å². The van der Waals surface area contributed by atoms with Crippen LogP contribution in [0, 0.1) is 23.6 Å². The van der Waals surface area contributed by atoms with Gasteiger partial charge in [0.1, 0.15) is 0 Å². The van der Waals surface area contributed by atoms with Crippen LogP contribution in [0.2, 0.25) is 0 Å². The van der Waals surface area contributed by atoms with Gasteiger partial charge in [-0.2, -0.15) is 0 Å². The molecule has 0 aliphatic heterocycles. The third kappa shape index (κ3) is 4.11. The van der Waals surface area contributed by atoms with E-state index in [9.17, 15) is 4.39 Å². The van der Waals surface area contributed by atoms with Gasteiger partial charge in [-0.3, -0.25) is 0 Å². The zero-order valence-electron chi connectivity index (χ0n) is 17.3. The summed E-state index contributed by atoms with van der Waals surface area (Å²) in [4.78, 5) is 0. The van der Waals surface area contributed by atoms with E-state index in [2.05, 4.69) is 31.2 Å². The Morgan fingerprint density at radius 1 is 0.893 bits per heavy atom. The lowest BCUT2D eigenvalue weighted by Gasteiger charge is -2.42. The maximum atomic E-state index is 14.0. The summed E-state index contributed by atoms with van der Waals surface area (Å²) in [5.74, 6) is 3.59. The molecule has 1 nitrogen and oxygen atoms in total. The van der Waals surface area contributed by atoms with Crippen LogP contribution in [-0.2, 0) is 0 Å². The lowest BCUT2D eigenvalue weighted by molar-refractivity contribution is 0.114. The van der Waals surface area contributed by atoms with Gasteiger partial charge in [0, 0.05) is 0 Å². The molecule has 4 unspecified atom stereocenters. The number of benzene rings is 2. The number of fused-ring (bicyclic) bond motifs is 1. The van der Waals surface area contributed by atoms with Crippen LogP contribution in [0.1, 0.15) is 69.8 Å². The van der Waals surface area contributed by atoms with Gasteiger partial charge in [0.25, 0.3) is 0 Å². The summed E-state index contributed by atoms with van der Waals surface area (Å²) < 4.78 is 19.0. The molecular formula is C26H33FO. The molecule has 0 heterocycles. The van der Waals surface area contributed by atoms with Crippen molar-refractivity contribution in [2.24, 2.45) is 17.8 Å². The average molecular weight is 381 g/mol. The van der Waals surface area contributed by atoms with E-state index in [1.54, 1.807) is 12.1 Å². The summed E-state index contributed by atoms with van der Waals surface area (Å²) in [6, 6.07) is 14.0. The van der Waals surface area contributed by atoms with E-state index in [4.69, 9.17) is 4.74 Å². The van der Waals surface area contributed by atoms with Crippen molar-refractivity contribution in [2.45, 2.75) is 64.2 Å². The number of hydrogen-bond donors (Lipinski definition) is 0. The van der Waals surface area contributed by atoms with Crippen molar-refractivity contribution in [3.05, 3.63) is 53.8 Å². The molecule has 2 fully saturated rings. The third-order valence-electron chi connectivity index (χ3n) is 7.29. The maximum absolute atomic E-state index is 14.0. The molecule has 2 heteroatoms. The monoisotopic (exact) mass is 380 g/mol. The molecule has 0 radical (unpaired) electrons. The van der Waals surface area contributed by atoms with Crippen LogP contribution in [0.15, 0.2) is 42.5 Å². The van der Waals surface area contributed by atoms with Crippen LogP contribution in [-0.4, -0.2) is 7.11 Å². The Morgan fingerprint density at radius 2 is 1.61 bits per heavy atom. The first-order chi connectivity index (χ1) is 13.7. The van der Waals surface area contributed by atoms with E-state index < -0.39 is 0 Å². The molecule has 2 saturated carbocycles. The molecule has 28 heavy (non-hydrogen) atoms. The lowest BCUT2D eigenvalue weighted by atomic mass is 9.63. The summed E-state index contributed by atoms with van der Waals surface area (Å²) in [6.45, 7) is 2.33. The zero-order valence-corrected chi connectivity index (χ0v) is 17.3. The maximum Gasteiger partial charge on any atom is 0.165 e. The van der Waals surface area contributed by atoms with Gasteiger partial charge in [-0.15, -0.1) is 0 Å². The van der Waals surface area contributed by atoms with Crippen molar-refractivity contribution < 1.29 is 9.13 Å². The number of methoxy groups -OCH3 is 1. The molecule has 0 bridgehead atoms. The molecule has 2 aliphatic rings.